The normalized spacial score (nSPS) is 20.5. The van der Waals surface area contributed by atoms with E-state index in [1.165, 1.54) is 44.1 Å². The van der Waals surface area contributed by atoms with Crippen LogP contribution in [-0.2, 0) is 48.4 Å². The number of carbonyl (C=O) groups excluding carboxylic acids is 1. The summed E-state index contributed by atoms with van der Waals surface area (Å²) in [5, 5.41) is 19.1. The van der Waals surface area contributed by atoms with Crippen LogP contribution in [0.5, 0.6) is 0 Å². The lowest BCUT2D eigenvalue weighted by atomic mass is 9.86. The lowest BCUT2D eigenvalue weighted by Gasteiger charge is -2.37. The fraction of sp³-hybridized carbons (Fsp3) is 0.491. The Kier molecular flexibility index (Phi) is 13.1. The average Bonchev–Trinajstić information content (AvgIpc) is 4.20. The topological polar surface area (TPSA) is 171 Å². The molecular weight excluding hydrogens is 955 g/mol. The second-order valence-electron chi connectivity index (χ2n) is 21.4. The molecule has 0 bridgehead atoms. The lowest BCUT2D eigenvalue weighted by Crippen LogP contribution is -2.46. The van der Waals surface area contributed by atoms with Crippen molar-refractivity contribution in [2.24, 2.45) is 21.8 Å². The molecule has 0 radical (unpaired) electrons. The van der Waals surface area contributed by atoms with Gasteiger partial charge in [0.15, 0.2) is 0 Å². The number of hydrogen-bond acceptors (Lipinski definition) is 16. The molecule has 1 amide bonds. The molecule has 2 atom stereocenters. The number of nitrogens with zero attached hydrogens (tertiary/aromatic N) is 11. The molecule has 3 fully saturated rings. The highest BCUT2D eigenvalue weighted by atomic mass is 32.1. The van der Waals surface area contributed by atoms with Crippen LogP contribution in [0.4, 0.5) is 34.4 Å². The number of likely N-dealkylation sites (tertiary alicyclic amines) is 1. The van der Waals surface area contributed by atoms with Gasteiger partial charge in [0.2, 0.25) is 5.91 Å². The van der Waals surface area contributed by atoms with Gasteiger partial charge >= 0.3 is 5.97 Å². The molecule has 13 rings (SSSR count). The van der Waals surface area contributed by atoms with Crippen molar-refractivity contribution in [1.82, 2.24) is 34.6 Å². The third kappa shape index (κ3) is 9.33. The SMILES string of the molecule is CN(C)C1CCN(c2cc3c(cc2Nc2ncnc4sc5c(c24)CC[C@H](C(=O)N2CCC2)C5)C=NC3)CC1.CN(C)C1CCN(c2cc3c(cc2Nc2ncnc4sc5c(c24)CC[C@H](C(=O)O)C5)C=NC3)CC1. The number of aliphatic imine (C=N–C) groups is 2. The highest BCUT2D eigenvalue weighted by molar-refractivity contribution is 7.19. The number of anilines is 6. The number of piperidine rings is 2. The van der Waals surface area contributed by atoms with Crippen molar-refractivity contribution < 1.29 is 14.7 Å². The minimum atomic E-state index is -0.708. The van der Waals surface area contributed by atoms with E-state index in [2.05, 4.69) is 108 Å². The smallest absolute Gasteiger partial charge is 0.306 e. The molecule has 0 unspecified atom stereocenters. The molecule has 6 aromatic rings. The van der Waals surface area contributed by atoms with Gasteiger partial charge in [0.1, 0.15) is 34.0 Å². The van der Waals surface area contributed by atoms with Crippen molar-refractivity contribution in [1.29, 1.82) is 0 Å². The molecule has 18 heteroatoms. The summed E-state index contributed by atoms with van der Waals surface area (Å²) < 4.78 is 0. The molecule has 380 valence electrons. The Morgan fingerprint density at radius 3 is 1.52 bits per heavy atom. The van der Waals surface area contributed by atoms with E-state index in [0.29, 0.717) is 30.8 Å². The molecule has 3 saturated heterocycles. The summed E-state index contributed by atoms with van der Waals surface area (Å²) in [5.74, 6) is 1.10. The number of carbonyl (C=O) groups is 2. The number of nitrogens with one attached hydrogen (secondary N) is 2. The molecule has 73 heavy (non-hydrogen) atoms. The average molecular weight is 1020 g/mol. The zero-order valence-corrected chi connectivity index (χ0v) is 44.0. The fourth-order valence-electron chi connectivity index (χ4n) is 12.1. The van der Waals surface area contributed by atoms with Crippen molar-refractivity contribution in [3.63, 3.8) is 0 Å². The van der Waals surface area contributed by atoms with Crippen LogP contribution in [0, 0.1) is 11.8 Å². The van der Waals surface area contributed by atoms with Gasteiger partial charge in [-0.25, -0.2) is 19.9 Å². The minimum absolute atomic E-state index is 0.105. The van der Waals surface area contributed by atoms with Crippen molar-refractivity contribution >= 4 is 102 Å². The largest absolute Gasteiger partial charge is 0.481 e. The number of amides is 1. The minimum Gasteiger partial charge on any atom is -0.481 e. The second-order valence-corrected chi connectivity index (χ2v) is 23.6. The summed E-state index contributed by atoms with van der Waals surface area (Å²) in [7, 11) is 8.71. The van der Waals surface area contributed by atoms with E-state index in [1.54, 1.807) is 35.3 Å². The van der Waals surface area contributed by atoms with Crippen molar-refractivity contribution in [3.8, 4) is 0 Å². The number of aliphatic carboxylic acids is 1. The van der Waals surface area contributed by atoms with Crippen LogP contribution in [0.3, 0.4) is 0 Å². The Morgan fingerprint density at radius 1 is 0.616 bits per heavy atom. The van der Waals surface area contributed by atoms with Gasteiger partial charge in [-0.2, -0.15) is 0 Å². The molecule has 2 aliphatic carbocycles. The highest BCUT2D eigenvalue weighted by Crippen LogP contribution is 2.45. The van der Waals surface area contributed by atoms with E-state index < -0.39 is 5.97 Å². The van der Waals surface area contributed by atoms with Gasteiger partial charge in [0.05, 0.1) is 52.5 Å². The number of aromatic nitrogens is 4. The van der Waals surface area contributed by atoms with Crippen LogP contribution >= 0.6 is 22.7 Å². The number of aryl methyl sites for hydroxylation is 2. The number of thiophene rings is 2. The summed E-state index contributed by atoms with van der Waals surface area (Å²) >= 11 is 3.35. The second kappa shape index (κ2) is 20.0. The van der Waals surface area contributed by atoms with E-state index in [1.807, 2.05) is 17.3 Å². The number of fused-ring (bicyclic) bond motifs is 8. The molecule has 7 aliphatic rings. The molecular formula is C55H65N13O3S2. The van der Waals surface area contributed by atoms with Gasteiger partial charge in [-0.1, -0.05) is 0 Å². The fourth-order valence-corrected chi connectivity index (χ4v) is 14.7. The summed E-state index contributed by atoms with van der Waals surface area (Å²) in [6.45, 7) is 7.44. The Morgan fingerprint density at radius 2 is 1.08 bits per heavy atom. The van der Waals surface area contributed by atoms with Crippen LogP contribution in [0.15, 0.2) is 46.9 Å². The van der Waals surface area contributed by atoms with Crippen molar-refractivity contribution in [2.75, 3.05) is 87.9 Å². The number of hydrogen-bond donors (Lipinski definition) is 3. The van der Waals surface area contributed by atoms with Gasteiger partial charge in [0, 0.05) is 79.5 Å². The number of rotatable bonds is 10. The number of carboxylic acid groups (broad SMARTS) is 1. The maximum atomic E-state index is 12.9. The zero-order valence-electron chi connectivity index (χ0n) is 42.4. The Balaban J connectivity index is 0.000000149. The standard InChI is InChI=1S/C29H35N7OS.C26H30N6O2S/c1-34(2)21-6-10-35(11-7-21)24-13-20-16-30-15-19(20)12-23(24)33-27-26-22-5-4-18(29(37)36-8-3-9-36)14-25(22)38-28(26)32-17-31-27;1-31(2)18-5-7-32(8-6-18)21-10-17-13-27-12-16(17)9-20(21)30-24-23-19-4-3-15(26(33)34)11-22(19)35-25(23)29-14-28-24/h12-13,15,17-18,21H,3-11,14,16H2,1-2H3,(H,31,32,33);9-10,12,14-15,18H,3-8,11,13H2,1-2H3,(H,33,34)(H,28,29,30)/t18-;15-/m00/s1. The summed E-state index contributed by atoms with van der Waals surface area (Å²) in [6, 6.07) is 10.3. The zero-order chi connectivity index (χ0) is 49.9. The molecule has 9 heterocycles. The van der Waals surface area contributed by atoms with E-state index in [0.717, 1.165) is 164 Å². The van der Waals surface area contributed by atoms with Gasteiger partial charge in [-0.05, 0) is 156 Å². The van der Waals surface area contributed by atoms with Gasteiger partial charge in [0.25, 0.3) is 0 Å². The molecule has 0 spiro atoms. The Labute approximate surface area is 434 Å². The Bertz CT molecular complexity index is 3160. The molecule has 16 nitrogen and oxygen atoms in total. The molecule has 2 aromatic carbocycles. The first-order valence-electron chi connectivity index (χ1n) is 26.2. The first kappa shape index (κ1) is 47.9. The van der Waals surface area contributed by atoms with Crippen LogP contribution in [0.1, 0.15) is 88.1 Å². The van der Waals surface area contributed by atoms with Crippen LogP contribution in [0.25, 0.3) is 20.4 Å². The van der Waals surface area contributed by atoms with Crippen LogP contribution in [0.2, 0.25) is 0 Å². The third-order valence-electron chi connectivity index (χ3n) is 16.6. The molecule has 5 aliphatic heterocycles. The third-order valence-corrected chi connectivity index (χ3v) is 19.0. The first-order valence-corrected chi connectivity index (χ1v) is 27.9. The van der Waals surface area contributed by atoms with Crippen LogP contribution in [-0.4, -0.2) is 144 Å². The lowest BCUT2D eigenvalue weighted by molar-refractivity contribution is -0.142. The van der Waals surface area contributed by atoms with Gasteiger partial charge < -0.3 is 40.2 Å². The monoisotopic (exact) mass is 1020 g/mol. The van der Waals surface area contributed by atoms with E-state index >= 15 is 0 Å². The summed E-state index contributed by atoms with van der Waals surface area (Å²) in [6.07, 6.45) is 17.6. The van der Waals surface area contributed by atoms with Gasteiger partial charge in [-0.3, -0.25) is 19.6 Å². The molecule has 3 N–H and O–H groups in total. The van der Waals surface area contributed by atoms with E-state index in [9.17, 15) is 14.7 Å². The quantitative estimate of drug-likeness (QED) is 0.120. The number of carboxylic acids is 1. The maximum Gasteiger partial charge on any atom is 0.306 e. The maximum absolute atomic E-state index is 12.9. The molecule has 4 aromatic heterocycles. The molecule has 0 saturated carbocycles. The summed E-state index contributed by atoms with van der Waals surface area (Å²) in [4.78, 5) is 68.2. The highest BCUT2D eigenvalue weighted by Gasteiger charge is 2.35. The van der Waals surface area contributed by atoms with Crippen LogP contribution < -0.4 is 20.4 Å². The summed E-state index contributed by atoms with van der Waals surface area (Å²) in [5.41, 5.74) is 12.0. The van der Waals surface area contributed by atoms with E-state index in [-0.39, 0.29) is 11.8 Å². The van der Waals surface area contributed by atoms with E-state index in [4.69, 9.17) is 4.98 Å². The Hall–Kier alpha value is -6.08. The van der Waals surface area contributed by atoms with Crippen molar-refractivity contribution in [3.05, 3.63) is 80.1 Å². The predicted molar refractivity (Wildman–Crippen MR) is 295 cm³/mol. The predicted octanol–water partition coefficient (Wildman–Crippen LogP) is 8.32. The number of benzene rings is 2. The van der Waals surface area contributed by atoms with Gasteiger partial charge in [-0.15, -0.1) is 22.7 Å². The first-order chi connectivity index (χ1) is 35.5. The van der Waals surface area contributed by atoms with Crippen molar-refractivity contribution in [2.45, 2.75) is 95.8 Å².